The molecule has 1 rings (SSSR count). The number of ether oxygens (including phenoxy) is 2. The highest BCUT2D eigenvalue weighted by molar-refractivity contribution is 8.11. The summed E-state index contributed by atoms with van der Waals surface area (Å²) in [5, 5.41) is 0. The van der Waals surface area contributed by atoms with E-state index in [1.54, 1.807) is 7.11 Å². The molecular formula is C9H18ClNO4S. The van der Waals surface area contributed by atoms with E-state index >= 15 is 0 Å². The SMILES string of the molecule is COCCCOC1CCN(S(=O)(=O)Cl)CC1. The molecule has 1 saturated heterocycles. The fraction of sp³-hybridized carbons (Fsp3) is 1.00. The molecule has 1 aliphatic rings. The molecule has 16 heavy (non-hydrogen) atoms. The molecule has 7 heteroatoms. The fourth-order valence-corrected chi connectivity index (χ4v) is 2.73. The minimum absolute atomic E-state index is 0.145. The molecule has 0 spiro atoms. The Morgan fingerprint density at radius 2 is 1.94 bits per heavy atom. The Balaban J connectivity index is 2.17. The van der Waals surface area contributed by atoms with Gasteiger partial charge in [0.05, 0.1) is 6.10 Å². The van der Waals surface area contributed by atoms with Crippen LogP contribution < -0.4 is 0 Å². The summed E-state index contributed by atoms with van der Waals surface area (Å²) < 4.78 is 33.8. The van der Waals surface area contributed by atoms with Crippen LogP contribution >= 0.6 is 10.7 Å². The summed E-state index contributed by atoms with van der Waals surface area (Å²) in [6.45, 7) is 2.24. The first-order valence-electron chi connectivity index (χ1n) is 5.34. The van der Waals surface area contributed by atoms with Crippen LogP contribution in [0.2, 0.25) is 0 Å². The van der Waals surface area contributed by atoms with Crippen molar-refractivity contribution in [3.63, 3.8) is 0 Å². The fourth-order valence-electron chi connectivity index (χ4n) is 1.67. The third-order valence-corrected chi connectivity index (χ3v) is 4.12. The molecule has 0 aromatic carbocycles. The van der Waals surface area contributed by atoms with Gasteiger partial charge in [-0.15, -0.1) is 0 Å². The molecular weight excluding hydrogens is 254 g/mol. The second kappa shape index (κ2) is 6.76. The van der Waals surface area contributed by atoms with Crippen LogP contribution in [0, 0.1) is 0 Å². The molecule has 0 bridgehead atoms. The number of rotatable bonds is 6. The highest BCUT2D eigenvalue weighted by Crippen LogP contribution is 2.18. The van der Waals surface area contributed by atoms with Crippen LogP contribution in [0.4, 0.5) is 0 Å². The van der Waals surface area contributed by atoms with Crippen molar-refractivity contribution in [3.8, 4) is 0 Å². The quantitative estimate of drug-likeness (QED) is 0.534. The summed E-state index contributed by atoms with van der Waals surface area (Å²) in [5.41, 5.74) is 0. The lowest BCUT2D eigenvalue weighted by molar-refractivity contribution is 0.0123. The van der Waals surface area contributed by atoms with Crippen molar-refractivity contribution in [2.75, 3.05) is 33.4 Å². The molecule has 0 unspecified atom stereocenters. The first-order chi connectivity index (χ1) is 7.54. The van der Waals surface area contributed by atoms with Gasteiger partial charge in [-0.1, -0.05) is 0 Å². The van der Waals surface area contributed by atoms with E-state index in [-0.39, 0.29) is 6.10 Å². The summed E-state index contributed by atoms with van der Waals surface area (Å²) in [6.07, 6.45) is 2.43. The molecule has 0 amide bonds. The van der Waals surface area contributed by atoms with Crippen molar-refractivity contribution >= 4 is 19.9 Å². The van der Waals surface area contributed by atoms with Crippen LogP contribution in [0.25, 0.3) is 0 Å². The Bertz CT molecular complexity index is 288. The average molecular weight is 272 g/mol. The molecule has 1 aliphatic heterocycles. The van der Waals surface area contributed by atoms with Crippen LogP contribution in [-0.2, 0) is 18.7 Å². The summed E-state index contributed by atoms with van der Waals surface area (Å²) in [6, 6.07) is 0. The Morgan fingerprint density at radius 3 is 2.44 bits per heavy atom. The smallest absolute Gasteiger partial charge is 0.299 e. The van der Waals surface area contributed by atoms with E-state index in [0.29, 0.717) is 39.1 Å². The molecule has 96 valence electrons. The first-order valence-corrected chi connectivity index (χ1v) is 7.61. The van der Waals surface area contributed by atoms with E-state index in [1.807, 2.05) is 0 Å². The number of hydrogen-bond acceptors (Lipinski definition) is 4. The molecule has 0 N–H and O–H groups in total. The average Bonchev–Trinajstić information content (AvgIpc) is 2.24. The minimum atomic E-state index is -3.55. The zero-order valence-corrected chi connectivity index (χ0v) is 11.0. The summed E-state index contributed by atoms with van der Waals surface area (Å²) >= 11 is 0. The normalized spacial score (nSPS) is 20.1. The zero-order valence-electron chi connectivity index (χ0n) is 9.39. The highest BCUT2D eigenvalue weighted by Gasteiger charge is 2.26. The van der Waals surface area contributed by atoms with E-state index in [0.717, 1.165) is 6.42 Å². The predicted octanol–water partition coefficient (Wildman–Crippen LogP) is 0.988. The Kier molecular flexibility index (Phi) is 5.99. The van der Waals surface area contributed by atoms with Gasteiger partial charge in [-0.05, 0) is 19.3 Å². The molecule has 5 nitrogen and oxygen atoms in total. The number of piperidine rings is 1. The van der Waals surface area contributed by atoms with E-state index in [4.69, 9.17) is 20.2 Å². The highest BCUT2D eigenvalue weighted by atomic mass is 35.7. The maximum absolute atomic E-state index is 11.0. The monoisotopic (exact) mass is 271 g/mol. The summed E-state index contributed by atoms with van der Waals surface area (Å²) in [7, 11) is 3.35. The summed E-state index contributed by atoms with van der Waals surface area (Å²) in [5.74, 6) is 0. The van der Waals surface area contributed by atoms with Crippen molar-refractivity contribution in [3.05, 3.63) is 0 Å². The zero-order chi connectivity index (χ0) is 12.0. The Hall–Kier alpha value is 0.120. The molecule has 0 radical (unpaired) electrons. The van der Waals surface area contributed by atoms with E-state index in [9.17, 15) is 8.42 Å². The minimum Gasteiger partial charge on any atom is -0.385 e. The number of nitrogens with zero attached hydrogens (tertiary/aromatic N) is 1. The van der Waals surface area contributed by atoms with Gasteiger partial charge in [0, 0.05) is 44.1 Å². The van der Waals surface area contributed by atoms with E-state index in [1.165, 1.54) is 4.31 Å². The Morgan fingerprint density at radius 1 is 1.31 bits per heavy atom. The van der Waals surface area contributed by atoms with Crippen LogP contribution in [-0.4, -0.2) is 52.2 Å². The second-order valence-electron chi connectivity index (χ2n) is 3.76. The van der Waals surface area contributed by atoms with Gasteiger partial charge in [0.1, 0.15) is 0 Å². The third-order valence-electron chi connectivity index (χ3n) is 2.56. The maximum atomic E-state index is 11.0. The van der Waals surface area contributed by atoms with Gasteiger partial charge in [0.2, 0.25) is 0 Å². The molecule has 0 aromatic rings. The third kappa shape index (κ3) is 4.97. The number of methoxy groups -OCH3 is 1. The van der Waals surface area contributed by atoms with Crippen LogP contribution in [0.1, 0.15) is 19.3 Å². The van der Waals surface area contributed by atoms with Gasteiger partial charge < -0.3 is 9.47 Å². The lowest BCUT2D eigenvalue weighted by atomic mass is 10.1. The molecule has 1 heterocycles. The number of hydrogen-bond donors (Lipinski definition) is 0. The predicted molar refractivity (Wildman–Crippen MR) is 61.8 cm³/mol. The maximum Gasteiger partial charge on any atom is 0.299 e. The molecule has 1 fully saturated rings. The van der Waals surface area contributed by atoms with Crippen molar-refractivity contribution in [2.45, 2.75) is 25.4 Å². The van der Waals surface area contributed by atoms with Gasteiger partial charge >= 0.3 is 0 Å². The second-order valence-corrected chi connectivity index (χ2v) is 6.27. The van der Waals surface area contributed by atoms with Gasteiger partial charge in [0.15, 0.2) is 0 Å². The number of halogens is 1. The molecule has 0 aromatic heterocycles. The first kappa shape index (κ1) is 14.2. The van der Waals surface area contributed by atoms with Gasteiger partial charge in [-0.2, -0.15) is 12.7 Å². The largest absolute Gasteiger partial charge is 0.385 e. The molecule has 0 saturated carbocycles. The standard InChI is InChI=1S/C9H18ClNO4S/c1-14-7-2-8-15-9-3-5-11(6-4-9)16(10,12)13/h9H,2-8H2,1H3. The Labute approximate surface area is 101 Å². The van der Waals surface area contributed by atoms with Gasteiger partial charge in [0.25, 0.3) is 9.24 Å². The molecule has 0 atom stereocenters. The lowest BCUT2D eigenvalue weighted by Crippen LogP contribution is -2.38. The van der Waals surface area contributed by atoms with E-state index < -0.39 is 9.24 Å². The van der Waals surface area contributed by atoms with Crippen LogP contribution in [0.3, 0.4) is 0 Å². The van der Waals surface area contributed by atoms with Crippen molar-refractivity contribution in [1.29, 1.82) is 0 Å². The summed E-state index contributed by atoms with van der Waals surface area (Å²) in [4.78, 5) is 0. The van der Waals surface area contributed by atoms with Crippen molar-refractivity contribution in [2.24, 2.45) is 0 Å². The van der Waals surface area contributed by atoms with E-state index in [2.05, 4.69) is 0 Å². The van der Waals surface area contributed by atoms with Gasteiger partial charge in [-0.3, -0.25) is 0 Å². The topological polar surface area (TPSA) is 55.8 Å². The van der Waals surface area contributed by atoms with Crippen molar-refractivity contribution in [1.82, 2.24) is 4.31 Å². The van der Waals surface area contributed by atoms with Crippen LogP contribution in [0.5, 0.6) is 0 Å². The van der Waals surface area contributed by atoms with Crippen LogP contribution in [0.15, 0.2) is 0 Å². The van der Waals surface area contributed by atoms with Gasteiger partial charge in [-0.25, -0.2) is 0 Å². The van der Waals surface area contributed by atoms with Crippen molar-refractivity contribution < 1.29 is 17.9 Å². The molecule has 0 aliphatic carbocycles. The lowest BCUT2D eigenvalue weighted by Gasteiger charge is -2.29.